The summed E-state index contributed by atoms with van der Waals surface area (Å²) in [6.07, 6.45) is 1.68. The number of anilines is 2. The predicted molar refractivity (Wildman–Crippen MR) is 72.8 cm³/mol. The van der Waals surface area contributed by atoms with Crippen LogP contribution in [0.2, 0.25) is 0 Å². The van der Waals surface area contributed by atoms with Gasteiger partial charge in [0.05, 0.1) is 6.61 Å². The highest BCUT2D eigenvalue weighted by molar-refractivity contribution is 7.14. The lowest BCUT2D eigenvalue weighted by molar-refractivity contribution is 0.0520. The van der Waals surface area contributed by atoms with Gasteiger partial charge in [-0.1, -0.05) is 6.07 Å². The highest BCUT2D eigenvalue weighted by atomic mass is 35.5. The molecule has 0 spiro atoms. The van der Waals surface area contributed by atoms with Crippen LogP contribution in [0.25, 0.3) is 0 Å². The van der Waals surface area contributed by atoms with Gasteiger partial charge in [0.2, 0.25) is 0 Å². The molecular formula is C11H12ClN3O2S. The predicted octanol–water partition coefficient (Wildman–Crippen LogP) is 2.88. The summed E-state index contributed by atoms with van der Waals surface area (Å²) in [6, 6.07) is 5.53. The summed E-state index contributed by atoms with van der Waals surface area (Å²) in [5, 5.41) is 5.28. The Morgan fingerprint density at radius 3 is 3.00 bits per heavy atom. The van der Waals surface area contributed by atoms with E-state index in [4.69, 9.17) is 4.74 Å². The van der Waals surface area contributed by atoms with Gasteiger partial charge in [-0.3, -0.25) is 0 Å². The van der Waals surface area contributed by atoms with Crippen molar-refractivity contribution in [2.45, 2.75) is 6.92 Å². The minimum absolute atomic E-state index is 0. The first kappa shape index (κ1) is 14.4. The van der Waals surface area contributed by atoms with E-state index in [2.05, 4.69) is 15.3 Å². The summed E-state index contributed by atoms with van der Waals surface area (Å²) in [6.45, 7) is 2.11. The molecule has 7 heteroatoms. The van der Waals surface area contributed by atoms with Gasteiger partial charge < -0.3 is 10.1 Å². The van der Waals surface area contributed by atoms with Gasteiger partial charge in [-0.2, -0.15) is 0 Å². The van der Waals surface area contributed by atoms with Crippen LogP contribution in [0.3, 0.4) is 0 Å². The molecule has 96 valence electrons. The van der Waals surface area contributed by atoms with Gasteiger partial charge in [-0.25, -0.2) is 14.8 Å². The molecule has 2 aromatic rings. The number of rotatable bonds is 4. The van der Waals surface area contributed by atoms with Crippen LogP contribution in [0.15, 0.2) is 29.8 Å². The number of hydrogen-bond acceptors (Lipinski definition) is 6. The molecule has 0 bridgehead atoms. The molecule has 0 saturated heterocycles. The number of esters is 1. The van der Waals surface area contributed by atoms with Gasteiger partial charge in [0.15, 0.2) is 10.8 Å². The number of carbonyl (C=O) groups is 1. The Balaban J connectivity index is 0.00000162. The first-order valence-corrected chi connectivity index (χ1v) is 5.98. The number of thiazole rings is 1. The number of hydrogen-bond donors (Lipinski definition) is 1. The molecule has 2 heterocycles. The van der Waals surface area contributed by atoms with Crippen LogP contribution < -0.4 is 5.32 Å². The van der Waals surface area contributed by atoms with Gasteiger partial charge in [-0.15, -0.1) is 23.7 Å². The van der Waals surface area contributed by atoms with Crippen molar-refractivity contribution in [1.82, 2.24) is 9.97 Å². The number of nitrogens with one attached hydrogen (secondary N) is 1. The highest BCUT2D eigenvalue weighted by Crippen LogP contribution is 2.19. The Hall–Kier alpha value is -1.66. The molecular weight excluding hydrogens is 274 g/mol. The average Bonchev–Trinajstić information content (AvgIpc) is 2.79. The fourth-order valence-electron chi connectivity index (χ4n) is 1.18. The van der Waals surface area contributed by atoms with Gasteiger partial charge in [0, 0.05) is 11.6 Å². The Labute approximate surface area is 115 Å². The van der Waals surface area contributed by atoms with Crippen LogP contribution in [0.1, 0.15) is 17.4 Å². The molecule has 5 nitrogen and oxygen atoms in total. The van der Waals surface area contributed by atoms with E-state index in [0.29, 0.717) is 23.3 Å². The molecule has 0 radical (unpaired) electrons. The van der Waals surface area contributed by atoms with Crippen molar-refractivity contribution in [3.05, 3.63) is 35.5 Å². The minimum atomic E-state index is -0.405. The van der Waals surface area contributed by atoms with Crippen molar-refractivity contribution in [2.75, 3.05) is 11.9 Å². The smallest absolute Gasteiger partial charge is 0.357 e. The maximum absolute atomic E-state index is 11.4. The van der Waals surface area contributed by atoms with Crippen LogP contribution in [0, 0.1) is 0 Å². The summed E-state index contributed by atoms with van der Waals surface area (Å²) in [4.78, 5) is 19.6. The number of ether oxygens (including phenoxy) is 1. The SMILES string of the molecule is CCOC(=O)c1csc(Nc2ccccn2)n1.Cl. The first-order chi connectivity index (χ1) is 8.29. The third-order valence-electron chi connectivity index (χ3n) is 1.89. The van der Waals surface area contributed by atoms with E-state index in [-0.39, 0.29) is 12.4 Å². The molecule has 0 aliphatic carbocycles. The number of carbonyl (C=O) groups excluding carboxylic acids is 1. The largest absolute Gasteiger partial charge is 0.461 e. The van der Waals surface area contributed by atoms with E-state index in [1.165, 1.54) is 11.3 Å². The quantitative estimate of drug-likeness (QED) is 0.875. The van der Waals surface area contributed by atoms with Gasteiger partial charge in [0.1, 0.15) is 5.82 Å². The second-order valence-corrected chi connectivity index (χ2v) is 3.96. The third-order valence-corrected chi connectivity index (χ3v) is 2.65. The van der Waals surface area contributed by atoms with Crippen LogP contribution in [-0.4, -0.2) is 22.5 Å². The fourth-order valence-corrected chi connectivity index (χ4v) is 1.86. The van der Waals surface area contributed by atoms with Gasteiger partial charge in [-0.05, 0) is 19.1 Å². The van der Waals surface area contributed by atoms with Crippen LogP contribution in [0.4, 0.5) is 10.9 Å². The molecule has 0 atom stereocenters. The van der Waals surface area contributed by atoms with Crippen molar-refractivity contribution in [1.29, 1.82) is 0 Å². The van der Waals surface area contributed by atoms with E-state index < -0.39 is 5.97 Å². The normalized spacial score (nSPS) is 9.39. The van der Waals surface area contributed by atoms with E-state index in [9.17, 15) is 4.79 Å². The van der Waals surface area contributed by atoms with Crippen molar-refractivity contribution in [2.24, 2.45) is 0 Å². The maximum atomic E-state index is 11.4. The number of aromatic nitrogens is 2. The Morgan fingerprint density at radius 2 is 2.33 bits per heavy atom. The van der Waals surface area contributed by atoms with E-state index >= 15 is 0 Å². The highest BCUT2D eigenvalue weighted by Gasteiger charge is 2.11. The second-order valence-electron chi connectivity index (χ2n) is 3.10. The lowest BCUT2D eigenvalue weighted by atomic mass is 10.5. The standard InChI is InChI=1S/C11H11N3O2S.ClH/c1-2-16-10(15)8-7-17-11(13-8)14-9-5-3-4-6-12-9;/h3-7H,2H2,1H3,(H,12,13,14);1H. The van der Waals surface area contributed by atoms with Crippen LogP contribution in [0.5, 0.6) is 0 Å². The van der Waals surface area contributed by atoms with Crippen LogP contribution in [-0.2, 0) is 4.74 Å². The number of nitrogens with zero attached hydrogens (tertiary/aromatic N) is 2. The summed E-state index contributed by atoms with van der Waals surface area (Å²) in [7, 11) is 0. The molecule has 2 rings (SSSR count). The van der Waals surface area contributed by atoms with Crippen molar-refractivity contribution >= 4 is 40.7 Å². The number of pyridine rings is 1. The summed E-state index contributed by atoms with van der Waals surface area (Å²) < 4.78 is 4.85. The zero-order valence-corrected chi connectivity index (χ0v) is 11.3. The molecule has 18 heavy (non-hydrogen) atoms. The van der Waals surface area contributed by atoms with Gasteiger partial charge in [0.25, 0.3) is 0 Å². The zero-order chi connectivity index (χ0) is 12.1. The second kappa shape index (κ2) is 6.93. The summed E-state index contributed by atoms with van der Waals surface area (Å²) in [5.74, 6) is 0.287. The summed E-state index contributed by atoms with van der Waals surface area (Å²) in [5.41, 5.74) is 0.315. The monoisotopic (exact) mass is 285 g/mol. The van der Waals surface area contributed by atoms with E-state index in [0.717, 1.165) is 0 Å². The molecule has 0 aliphatic rings. The van der Waals surface area contributed by atoms with Crippen molar-refractivity contribution in [3.63, 3.8) is 0 Å². The molecule has 2 aromatic heterocycles. The Bertz CT molecular complexity index is 504. The molecule has 0 fully saturated rings. The molecule has 0 unspecified atom stereocenters. The van der Waals surface area contributed by atoms with Crippen LogP contribution >= 0.6 is 23.7 Å². The molecule has 0 aromatic carbocycles. The zero-order valence-electron chi connectivity index (χ0n) is 9.62. The summed E-state index contributed by atoms with van der Waals surface area (Å²) >= 11 is 1.34. The number of halogens is 1. The van der Waals surface area contributed by atoms with Crippen molar-refractivity contribution < 1.29 is 9.53 Å². The molecule has 0 aliphatic heterocycles. The van der Waals surface area contributed by atoms with Crippen molar-refractivity contribution in [3.8, 4) is 0 Å². The Morgan fingerprint density at radius 1 is 1.50 bits per heavy atom. The minimum Gasteiger partial charge on any atom is -0.461 e. The van der Waals surface area contributed by atoms with E-state index in [1.807, 2.05) is 18.2 Å². The average molecular weight is 286 g/mol. The Kier molecular flexibility index (Phi) is 5.54. The topological polar surface area (TPSA) is 64.1 Å². The van der Waals surface area contributed by atoms with Gasteiger partial charge >= 0.3 is 5.97 Å². The lowest BCUT2D eigenvalue weighted by Gasteiger charge is -1.99. The first-order valence-electron chi connectivity index (χ1n) is 5.10. The lowest BCUT2D eigenvalue weighted by Crippen LogP contribution is -2.05. The molecule has 0 saturated carbocycles. The third kappa shape index (κ3) is 3.68. The fraction of sp³-hybridized carbons (Fsp3) is 0.182. The molecule has 1 N–H and O–H groups in total. The maximum Gasteiger partial charge on any atom is 0.357 e. The van der Waals surface area contributed by atoms with E-state index in [1.54, 1.807) is 18.5 Å². The molecule has 0 amide bonds.